The number of hydrogen-bond acceptors (Lipinski definition) is 6. The Morgan fingerprint density at radius 2 is 1.93 bits per heavy atom. The Morgan fingerprint density at radius 3 is 2.66 bits per heavy atom. The van der Waals surface area contributed by atoms with Gasteiger partial charge in [-0.15, -0.1) is 0 Å². The van der Waals surface area contributed by atoms with Gasteiger partial charge in [-0.25, -0.2) is 0 Å². The number of hydrogen-bond donors (Lipinski definition) is 0. The van der Waals surface area contributed by atoms with E-state index in [-0.39, 0.29) is 35.0 Å². The highest BCUT2D eigenvalue weighted by atomic mass is 19.4. The molecule has 2 aromatic carbocycles. The molecule has 0 aliphatic carbocycles. The fourth-order valence-corrected chi connectivity index (χ4v) is 2.89. The van der Waals surface area contributed by atoms with Gasteiger partial charge in [-0.1, -0.05) is 11.2 Å². The van der Waals surface area contributed by atoms with Crippen molar-refractivity contribution in [3.63, 3.8) is 0 Å². The molecule has 0 atom stereocenters. The van der Waals surface area contributed by atoms with Gasteiger partial charge < -0.3 is 4.52 Å². The molecule has 0 radical (unpaired) electrons. The molecule has 7 nitrogen and oxygen atoms in total. The van der Waals surface area contributed by atoms with E-state index < -0.39 is 11.7 Å². The molecule has 0 fully saturated rings. The molecule has 0 saturated carbocycles. The van der Waals surface area contributed by atoms with Crippen molar-refractivity contribution in [2.45, 2.75) is 12.7 Å². The Labute approximate surface area is 161 Å². The zero-order chi connectivity index (χ0) is 20.6. The van der Waals surface area contributed by atoms with Crippen LogP contribution in [0.2, 0.25) is 0 Å². The first-order valence-electron chi connectivity index (χ1n) is 8.19. The van der Waals surface area contributed by atoms with Gasteiger partial charge >= 0.3 is 6.18 Å². The number of rotatable bonds is 3. The molecule has 4 aromatic rings. The molecule has 142 valence electrons. The van der Waals surface area contributed by atoms with Gasteiger partial charge in [-0.05, 0) is 30.3 Å². The van der Waals surface area contributed by atoms with Crippen molar-refractivity contribution in [3.8, 4) is 23.6 Å². The second-order valence-corrected chi connectivity index (χ2v) is 6.04. The van der Waals surface area contributed by atoms with E-state index in [2.05, 4.69) is 15.2 Å². The quantitative estimate of drug-likeness (QED) is 0.522. The summed E-state index contributed by atoms with van der Waals surface area (Å²) in [6.07, 6.45) is -3.02. The van der Waals surface area contributed by atoms with Crippen LogP contribution in [0.15, 0.2) is 47.1 Å². The van der Waals surface area contributed by atoms with Crippen LogP contribution in [-0.4, -0.2) is 19.9 Å². The van der Waals surface area contributed by atoms with Crippen LogP contribution < -0.4 is 0 Å². The molecule has 29 heavy (non-hydrogen) atoms. The Balaban J connectivity index is 1.66. The van der Waals surface area contributed by atoms with E-state index >= 15 is 0 Å². The first-order chi connectivity index (χ1) is 13.9. The normalized spacial score (nSPS) is 11.3. The van der Waals surface area contributed by atoms with Crippen LogP contribution in [0.4, 0.5) is 13.2 Å². The van der Waals surface area contributed by atoms with Gasteiger partial charge in [0.25, 0.3) is 5.89 Å². The Bertz CT molecular complexity index is 1310. The van der Waals surface area contributed by atoms with Crippen LogP contribution in [0.5, 0.6) is 0 Å². The molecule has 0 bridgehead atoms. The Morgan fingerprint density at radius 1 is 1.10 bits per heavy atom. The van der Waals surface area contributed by atoms with Crippen LogP contribution in [0.1, 0.15) is 22.5 Å². The first-order valence-corrected chi connectivity index (χ1v) is 8.19. The summed E-state index contributed by atoms with van der Waals surface area (Å²) >= 11 is 0. The van der Waals surface area contributed by atoms with Crippen LogP contribution in [0.25, 0.3) is 22.4 Å². The molecule has 2 aromatic heterocycles. The monoisotopic (exact) mass is 394 g/mol. The van der Waals surface area contributed by atoms with Crippen molar-refractivity contribution < 1.29 is 17.7 Å². The minimum atomic E-state index is -4.48. The van der Waals surface area contributed by atoms with E-state index in [1.807, 2.05) is 12.1 Å². The molecule has 0 saturated heterocycles. The molecule has 0 aliphatic rings. The van der Waals surface area contributed by atoms with Crippen LogP contribution in [0, 0.1) is 22.7 Å². The summed E-state index contributed by atoms with van der Waals surface area (Å²) in [5, 5.41) is 26.9. The molecule has 4 rings (SSSR count). The molecular weight excluding hydrogens is 385 g/mol. The van der Waals surface area contributed by atoms with Gasteiger partial charge in [0.2, 0.25) is 0 Å². The highest BCUT2D eigenvalue weighted by Gasteiger charge is 2.30. The lowest BCUT2D eigenvalue weighted by molar-refractivity contribution is -0.137. The number of aromatic nitrogens is 4. The number of benzene rings is 2. The van der Waals surface area contributed by atoms with Gasteiger partial charge in [0, 0.05) is 10.9 Å². The van der Waals surface area contributed by atoms with E-state index in [1.54, 1.807) is 6.07 Å². The molecule has 0 amide bonds. The number of halogens is 3. The maximum absolute atomic E-state index is 12.9. The first kappa shape index (κ1) is 18.2. The fraction of sp³-hybridized carbons (Fsp3) is 0.105. The SMILES string of the molecule is N#Cc1ccc2c(cnn2Cc2noc(-c3cccc(C(F)(F)F)c3)n2)c1C#N. The summed E-state index contributed by atoms with van der Waals surface area (Å²) in [7, 11) is 0. The summed E-state index contributed by atoms with van der Waals surface area (Å²) in [5.41, 5.74) is 0.380. The number of alkyl halides is 3. The largest absolute Gasteiger partial charge is 0.416 e. The third-order valence-corrected chi connectivity index (χ3v) is 4.26. The standard InChI is InChI=1S/C19H9F3N6O/c20-19(21,22)13-3-1-2-11(6-13)18-26-17(27-29-18)10-28-16-5-4-12(7-23)14(8-24)15(16)9-25-28/h1-6,9H,10H2. The number of nitrogens with zero attached hydrogens (tertiary/aromatic N) is 6. The average Bonchev–Trinajstić information content (AvgIpc) is 3.34. The van der Waals surface area contributed by atoms with Crippen molar-refractivity contribution in [1.82, 2.24) is 19.9 Å². The molecule has 0 aliphatic heterocycles. The van der Waals surface area contributed by atoms with Gasteiger partial charge in [0.1, 0.15) is 18.7 Å². The lowest BCUT2D eigenvalue weighted by Gasteiger charge is -2.06. The average molecular weight is 394 g/mol. The van der Waals surface area contributed by atoms with Crippen molar-refractivity contribution in [2.75, 3.05) is 0 Å². The van der Waals surface area contributed by atoms with E-state index in [0.29, 0.717) is 10.9 Å². The summed E-state index contributed by atoms with van der Waals surface area (Å²) < 4.78 is 45.3. The predicted molar refractivity (Wildman–Crippen MR) is 93.0 cm³/mol. The van der Waals surface area contributed by atoms with Gasteiger partial charge in [-0.2, -0.15) is 33.8 Å². The number of nitriles is 2. The summed E-state index contributed by atoms with van der Waals surface area (Å²) in [6.45, 7) is 0.0722. The van der Waals surface area contributed by atoms with E-state index in [9.17, 15) is 18.4 Å². The van der Waals surface area contributed by atoms with Crippen LogP contribution in [0.3, 0.4) is 0 Å². The van der Waals surface area contributed by atoms with Crippen molar-refractivity contribution in [1.29, 1.82) is 10.5 Å². The second-order valence-electron chi connectivity index (χ2n) is 6.04. The highest BCUT2D eigenvalue weighted by molar-refractivity contribution is 5.87. The fourth-order valence-electron chi connectivity index (χ4n) is 2.89. The highest BCUT2D eigenvalue weighted by Crippen LogP contribution is 2.31. The maximum Gasteiger partial charge on any atom is 0.416 e. The number of fused-ring (bicyclic) bond motifs is 1. The van der Waals surface area contributed by atoms with Crippen molar-refractivity contribution in [2.24, 2.45) is 0 Å². The van der Waals surface area contributed by atoms with Gasteiger partial charge in [0.05, 0.1) is 28.4 Å². The molecule has 10 heteroatoms. The van der Waals surface area contributed by atoms with Crippen molar-refractivity contribution >= 4 is 10.9 Å². The zero-order valence-corrected chi connectivity index (χ0v) is 14.5. The summed E-state index contributed by atoms with van der Waals surface area (Å²) in [4.78, 5) is 4.14. The molecule has 0 spiro atoms. The Kier molecular flexibility index (Phi) is 4.24. The lowest BCUT2D eigenvalue weighted by Crippen LogP contribution is -2.04. The van der Waals surface area contributed by atoms with Gasteiger partial charge in [0.15, 0.2) is 5.82 Å². The maximum atomic E-state index is 12.9. The third-order valence-electron chi connectivity index (χ3n) is 4.26. The molecule has 0 unspecified atom stereocenters. The Hall–Kier alpha value is -4.18. The topological polar surface area (TPSA) is 104 Å². The van der Waals surface area contributed by atoms with E-state index in [1.165, 1.54) is 29.1 Å². The molecular formula is C19H9F3N6O. The van der Waals surface area contributed by atoms with Crippen molar-refractivity contribution in [3.05, 3.63) is 65.1 Å². The van der Waals surface area contributed by atoms with Crippen LogP contribution >= 0.6 is 0 Å². The minimum Gasteiger partial charge on any atom is -0.334 e. The third kappa shape index (κ3) is 3.28. The minimum absolute atomic E-state index is 0.0490. The summed E-state index contributed by atoms with van der Waals surface area (Å²) in [5.74, 6) is 0.150. The second kappa shape index (κ2) is 6.77. The molecule has 0 N–H and O–H groups in total. The van der Waals surface area contributed by atoms with E-state index in [4.69, 9.17) is 9.78 Å². The summed E-state index contributed by atoms with van der Waals surface area (Å²) in [6, 6.07) is 11.7. The van der Waals surface area contributed by atoms with Gasteiger partial charge in [-0.3, -0.25) is 4.68 Å². The zero-order valence-electron chi connectivity index (χ0n) is 14.5. The lowest BCUT2D eigenvalue weighted by atomic mass is 10.1. The van der Waals surface area contributed by atoms with E-state index in [0.717, 1.165) is 12.1 Å². The molecule has 2 heterocycles. The smallest absolute Gasteiger partial charge is 0.334 e. The van der Waals surface area contributed by atoms with Crippen LogP contribution in [-0.2, 0) is 12.7 Å². The predicted octanol–water partition coefficient (Wildman–Crippen LogP) is 3.90.